The van der Waals surface area contributed by atoms with Gasteiger partial charge in [-0.15, -0.1) is 6.58 Å². The second-order valence-electron chi connectivity index (χ2n) is 14.4. The van der Waals surface area contributed by atoms with Crippen LogP contribution >= 0.6 is 0 Å². The SMILES string of the molecule is C=C(C)CC[C@@]1(C)CC(O)C2(C)C(=O)C(C)C3=C(C)[C@@H](CC(=O)CCc4ccccc4)CC(C[C@@H]2CO1)C3(C)C. The number of ether oxygens (including phenoxy) is 1. The van der Waals surface area contributed by atoms with E-state index < -0.39 is 17.1 Å². The van der Waals surface area contributed by atoms with E-state index in [1.165, 1.54) is 16.7 Å². The second-order valence-corrected chi connectivity index (χ2v) is 14.4. The fraction of sp³-hybridized carbons (Fsp3) is 0.667. The summed E-state index contributed by atoms with van der Waals surface area (Å²) in [6, 6.07) is 10.2. The van der Waals surface area contributed by atoms with E-state index in [0.717, 1.165) is 37.7 Å². The van der Waals surface area contributed by atoms with Gasteiger partial charge in [0.15, 0.2) is 0 Å². The molecule has 40 heavy (non-hydrogen) atoms. The van der Waals surface area contributed by atoms with Gasteiger partial charge < -0.3 is 9.84 Å². The predicted octanol–water partition coefficient (Wildman–Crippen LogP) is 7.68. The van der Waals surface area contributed by atoms with Crippen molar-refractivity contribution in [3.05, 3.63) is 59.2 Å². The van der Waals surface area contributed by atoms with Gasteiger partial charge >= 0.3 is 0 Å². The Bertz CT molecular complexity index is 1150. The molecule has 3 aliphatic rings. The third-order valence-corrected chi connectivity index (χ3v) is 11.1. The van der Waals surface area contributed by atoms with Gasteiger partial charge in [0.1, 0.15) is 11.6 Å². The van der Waals surface area contributed by atoms with Gasteiger partial charge in [0, 0.05) is 25.2 Å². The van der Waals surface area contributed by atoms with E-state index in [-0.39, 0.29) is 29.0 Å². The Kier molecular flexibility index (Phi) is 9.03. The number of aryl methyl sites for hydroxylation is 1. The van der Waals surface area contributed by atoms with Crippen LogP contribution < -0.4 is 0 Å². The molecule has 1 heterocycles. The average molecular weight is 549 g/mol. The van der Waals surface area contributed by atoms with Crippen molar-refractivity contribution in [2.45, 2.75) is 112 Å². The Hall–Kier alpha value is -2.04. The monoisotopic (exact) mass is 548 g/mol. The number of aliphatic hydroxyl groups excluding tert-OH is 1. The molecule has 1 N–H and O–H groups in total. The molecule has 1 saturated carbocycles. The molecule has 0 radical (unpaired) electrons. The summed E-state index contributed by atoms with van der Waals surface area (Å²) in [5.41, 5.74) is 3.23. The lowest BCUT2D eigenvalue weighted by Crippen LogP contribution is -2.54. The first kappa shape index (κ1) is 30.9. The van der Waals surface area contributed by atoms with Gasteiger partial charge in [-0.1, -0.05) is 67.8 Å². The van der Waals surface area contributed by atoms with Crippen LogP contribution in [-0.4, -0.2) is 35.0 Å². The molecule has 4 nitrogen and oxygen atoms in total. The van der Waals surface area contributed by atoms with E-state index in [4.69, 9.17) is 4.74 Å². The standard InChI is InChI=1S/C36H52O4/c1-23(2)16-17-35(7)21-31(38)36(8)29(22-40-35)20-28-18-27(19-30(37)15-14-26-12-10-9-11-13-26)24(3)32(34(28,5)6)25(4)33(36)39/h9-13,25,27-29,31,38H,1,14-22H2,2-8H3/t25?,27-,28?,29-,31?,35+,36?/m1/s1. The molecule has 1 aromatic carbocycles. The maximum atomic E-state index is 14.5. The summed E-state index contributed by atoms with van der Waals surface area (Å²) >= 11 is 0. The van der Waals surface area contributed by atoms with Crippen LogP contribution in [0.25, 0.3) is 0 Å². The highest BCUT2D eigenvalue weighted by Gasteiger charge is 2.58. The molecular weight excluding hydrogens is 496 g/mol. The Labute approximate surface area is 242 Å². The average Bonchev–Trinajstić information content (AvgIpc) is 2.99. The zero-order chi connectivity index (χ0) is 29.5. The van der Waals surface area contributed by atoms with E-state index in [1.807, 2.05) is 39.0 Å². The number of hydrogen-bond acceptors (Lipinski definition) is 4. The van der Waals surface area contributed by atoms with Crippen LogP contribution in [0, 0.1) is 34.5 Å². The van der Waals surface area contributed by atoms with Crippen LogP contribution in [0.3, 0.4) is 0 Å². The molecule has 2 aliphatic carbocycles. The molecule has 220 valence electrons. The molecule has 1 aromatic rings. The van der Waals surface area contributed by atoms with E-state index in [9.17, 15) is 14.7 Å². The van der Waals surface area contributed by atoms with Crippen molar-refractivity contribution in [2.24, 2.45) is 34.5 Å². The summed E-state index contributed by atoms with van der Waals surface area (Å²) < 4.78 is 6.60. The quantitative estimate of drug-likeness (QED) is 0.338. The summed E-state index contributed by atoms with van der Waals surface area (Å²) in [7, 11) is 0. The lowest BCUT2D eigenvalue weighted by atomic mass is 9.50. The largest absolute Gasteiger partial charge is 0.392 e. The fourth-order valence-electron chi connectivity index (χ4n) is 8.29. The highest BCUT2D eigenvalue weighted by atomic mass is 16.5. The first-order valence-corrected chi connectivity index (χ1v) is 15.5. The molecule has 4 rings (SSSR count). The van der Waals surface area contributed by atoms with Crippen molar-refractivity contribution in [2.75, 3.05) is 6.61 Å². The van der Waals surface area contributed by atoms with Gasteiger partial charge in [0.25, 0.3) is 0 Å². The molecule has 1 aliphatic heterocycles. The minimum Gasteiger partial charge on any atom is -0.392 e. The van der Waals surface area contributed by atoms with Crippen LogP contribution in [0.1, 0.15) is 99.0 Å². The van der Waals surface area contributed by atoms with Crippen LogP contribution in [0.15, 0.2) is 53.6 Å². The molecular formula is C36H52O4. The normalized spacial score (nSPS) is 35.8. The first-order valence-electron chi connectivity index (χ1n) is 15.5. The molecule has 0 aromatic heterocycles. The van der Waals surface area contributed by atoms with E-state index in [1.54, 1.807) is 0 Å². The van der Waals surface area contributed by atoms with Crippen molar-refractivity contribution in [3.8, 4) is 0 Å². The predicted molar refractivity (Wildman–Crippen MR) is 162 cm³/mol. The number of allylic oxidation sites excluding steroid dienone is 3. The molecule has 2 bridgehead atoms. The number of ketones is 2. The van der Waals surface area contributed by atoms with Crippen molar-refractivity contribution in [1.82, 2.24) is 0 Å². The Balaban J connectivity index is 1.62. The van der Waals surface area contributed by atoms with Crippen molar-refractivity contribution < 1.29 is 19.4 Å². The third kappa shape index (κ3) is 5.95. The number of rotatable bonds is 8. The second kappa shape index (κ2) is 11.7. The van der Waals surface area contributed by atoms with Gasteiger partial charge in [-0.05, 0) is 88.5 Å². The molecule has 7 atom stereocenters. The highest BCUT2D eigenvalue weighted by molar-refractivity contribution is 5.90. The first-order chi connectivity index (χ1) is 18.7. The molecule has 1 saturated heterocycles. The van der Waals surface area contributed by atoms with Crippen LogP contribution in [0.4, 0.5) is 0 Å². The number of aliphatic hydroxyl groups is 1. The number of benzene rings is 1. The number of carbonyl (C=O) groups is 2. The smallest absolute Gasteiger partial charge is 0.148 e. The van der Waals surface area contributed by atoms with E-state index >= 15 is 0 Å². The maximum absolute atomic E-state index is 14.5. The summed E-state index contributed by atoms with van der Waals surface area (Å²) in [5.74, 6) is 0.537. The van der Waals surface area contributed by atoms with Crippen molar-refractivity contribution >= 4 is 11.6 Å². The number of hydrogen-bond donors (Lipinski definition) is 1. The van der Waals surface area contributed by atoms with E-state index in [2.05, 4.69) is 46.4 Å². The van der Waals surface area contributed by atoms with Gasteiger partial charge in [-0.3, -0.25) is 9.59 Å². The molecule has 4 heteroatoms. The molecule has 4 unspecified atom stereocenters. The third-order valence-electron chi connectivity index (χ3n) is 11.1. The van der Waals surface area contributed by atoms with Crippen LogP contribution in [0.2, 0.25) is 0 Å². The highest BCUT2D eigenvalue weighted by Crippen LogP contribution is 2.58. The summed E-state index contributed by atoms with van der Waals surface area (Å²) in [5, 5.41) is 11.7. The summed E-state index contributed by atoms with van der Waals surface area (Å²) in [6.07, 6.45) is 4.95. The maximum Gasteiger partial charge on any atom is 0.148 e. The lowest BCUT2D eigenvalue weighted by molar-refractivity contribution is -0.146. The Morgan fingerprint density at radius 1 is 1.07 bits per heavy atom. The minimum atomic E-state index is -0.862. The number of carbonyl (C=O) groups excluding carboxylic acids is 2. The summed E-state index contributed by atoms with van der Waals surface area (Å²) in [4.78, 5) is 27.7. The van der Waals surface area contributed by atoms with Crippen LogP contribution in [0.5, 0.6) is 0 Å². The zero-order valence-corrected chi connectivity index (χ0v) is 26.0. The number of Topliss-reactive ketones (excluding diaryl/α,β-unsaturated/α-hetero) is 2. The molecule has 2 fully saturated rings. The molecule has 0 spiro atoms. The zero-order valence-electron chi connectivity index (χ0n) is 26.0. The fourth-order valence-corrected chi connectivity index (χ4v) is 8.29. The topological polar surface area (TPSA) is 63.6 Å². The van der Waals surface area contributed by atoms with Crippen molar-refractivity contribution in [1.29, 1.82) is 0 Å². The van der Waals surface area contributed by atoms with Gasteiger partial charge in [0.05, 0.1) is 23.7 Å². The number of fused-ring (bicyclic) bond motifs is 3. The van der Waals surface area contributed by atoms with Crippen molar-refractivity contribution in [3.63, 3.8) is 0 Å². The van der Waals surface area contributed by atoms with Crippen LogP contribution in [-0.2, 0) is 20.7 Å². The van der Waals surface area contributed by atoms with Gasteiger partial charge in [-0.2, -0.15) is 0 Å². The molecule has 0 amide bonds. The van der Waals surface area contributed by atoms with Gasteiger partial charge in [-0.25, -0.2) is 0 Å². The summed E-state index contributed by atoms with van der Waals surface area (Å²) in [6.45, 7) is 19.4. The minimum absolute atomic E-state index is 0.0669. The van der Waals surface area contributed by atoms with E-state index in [0.29, 0.717) is 37.6 Å². The lowest BCUT2D eigenvalue weighted by Gasteiger charge is -2.53. The Morgan fingerprint density at radius 3 is 2.40 bits per heavy atom. The van der Waals surface area contributed by atoms with Gasteiger partial charge in [0.2, 0.25) is 0 Å². The Morgan fingerprint density at radius 2 is 1.75 bits per heavy atom.